The van der Waals surface area contributed by atoms with Gasteiger partial charge in [0.05, 0.1) is 18.6 Å². The Morgan fingerprint density at radius 1 is 1.14 bits per heavy atom. The van der Waals surface area contributed by atoms with Crippen molar-refractivity contribution in [2.75, 3.05) is 27.4 Å². The number of ether oxygens (including phenoxy) is 3. The van der Waals surface area contributed by atoms with Gasteiger partial charge in [-0.05, 0) is 29.1 Å². The van der Waals surface area contributed by atoms with Crippen molar-refractivity contribution in [2.45, 2.75) is 12.8 Å². The van der Waals surface area contributed by atoms with Gasteiger partial charge in [0.25, 0.3) is 0 Å². The first kappa shape index (κ1) is 16.5. The van der Waals surface area contributed by atoms with Gasteiger partial charge in [0, 0.05) is 26.6 Å². The molecule has 118 valence electrons. The molecule has 0 atom stereocenters. The van der Waals surface area contributed by atoms with Crippen molar-refractivity contribution in [3.05, 3.63) is 46.2 Å². The Morgan fingerprint density at radius 2 is 2.00 bits per heavy atom. The van der Waals surface area contributed by atoms with Crippen molar-refractivity contribution >= 4 is 17.1 Å². The second-order valence-electron chi connectivity index (χ2n) is 4.76. The molecular weight excluding hydrogens is 300 g/mol. The Hall–Kier alpha value is -1.85. The predicted octanol–water partition coefficient (Wildman–Crippen LogP) is 3.60. The number of carbonyl (C=O) groups excluding carboxylic acids is 1. The first-order valence-electron chi connectivity index (χ1n) is 7.10. The highest BCUT2D eigenvalue weighted by atomic mass is 32.1. The third-order valence-corrected chi connectivity index (χ3v) is 4.05. The Morgan fingerprint density at radius 3 is 2.68 bits per heavy atom. The molecule has 1 heterocycles. The number of rotatable bonds is 9. The fourth-order valence-electron chi connectivity index (χ4n) is 2.04. The highest BCUT2D eigenvalue weighted by Gasteiger charge is 2.11. The summed E-state index contributed by atoms with van der Waals surface area (Å²) in [5, 5.41) is 1.91. The Bertz CT molecular complexity index is 593. The van der Waals surface area contributed by atoms with E-state index < -0.39 is 0 Å². The normalized spacial score (nSPS) is 10.5. The van der Waals surface area contributed by atoms with Gasteiger partial charge in [-0.1, -0.05) is 12.1 Å². The van der Waals surface area contributed by atoms with E-state index in [1.54, 1.807) is 14.2 Å². The molecule has 0 aliphatic heterocycles. The molecule has 1 aromatic carbocycles. The van der Waals surface area contributed by atoms with E-state index >= 15 is 0 Å². The summed E-state index contributed by atoms with van der Waals surface area (Å²) in [6.45, 7) is 1.20. The van der Waals surface area contributed by atoms with E-state index in [1.165, 1.54) is 11.3 Å². The lowest BCUT2D eigenvalue weighted by Crippen LogP contribution is -2.05. The molecule has 0 bridgehead atoms. The molecule has 2 rings (SSSR count). The number of hydrogen-bond acceptors (Lipinski definition) is 5. The third kappa shape index (κ3) is 4.58. The molecule has 0 saturated heterocycles. The standard InChI is InChI=1S/C17H20O4S/c1-19-8-4-9-21-16-12-13(6-7-15(16)20-2)11-14(18)17-5-3-10-22-17/h3,5-7,10,12H,4,8-9,11H2,1-2H3. The van der Waals surface area contributed by atoms with E-state index in [1.807, 2.05) is 35.7 Å². The smallest absolute Gasteiger partial charge is 0.177 e. The summed E-state index contributed by atoms with van der Waals surface area (Å²) in [4.78, 5) is 12.9. The minimum atomic E-state index is 0.116. The van der Waals surface area contributed by atoms with Crippen LogP contribution >= 0.6 is 11.3 Å². The molecule has 4 nitrogen and oxygen atoms in total. The highest BCUT2D eigenvalue weighted by molar-refractivity contribution is 7.12. The Balaban J connectivity index is 2.04. The quantitative estimate of drug-likeness (QED) is 0.523. The van der Waals surface area contributed by atoms with Gasteiger partial charge >= 0.3 is 0 Å². The van der Waals surface area contributed by atoms with Gasteiger partial charge in [-0.3, -0.25) is 4.79 Å². The number of thiophene rings is 1. The molecular formula is C17H20O4S. The topological polar surface area (TPSA) is 44.8 Å². The van der Waals surface area contributed by atoms with Crippen LogP contribution in [-0.4, -0.2) is 33.2 Å². The second kappa shape index (κ2) is 8.56. The molecule has 0 amide bonds. The van der Waals surface area contributed by atoms with E-state index in [9.17, 15) is 4.79 Å². The number of ketones is 1. The third-order valence-electron chi connectivity index (χ3n) is 3.14. The van der Waals surface area contributed by atoms with Gasteiger partial charge in [-0.15, -0.1) is 11.3 Å². The second-order valence-corrected chi connectivity index (χ2v) is 5.70. The van der Waals surface area contributed by atoms with Crippen molar-refractivity contribution in [1.29, 1.82) is 0 Å². The lowest BCUT2D eigenvalue weighted by atomic mass is 10.1. The lowest BCUT2D eigenvalue weighted by Gasteiger charge is -2.12. The zero-order valence-corrected chi connectivity index (χ0v) is 13.7. The predicted molar refractivity (Wildman–Crippen MR) is 87.3 cm³/mol. The van der Waals surface area contributed by atoms with Gasteiger partial charge < -0.3 is 14.2 Å². The number of carbonyl (C=O) groups is 1. The summed E-state index contributed by atoms with van der Waals surface area (Å²) in [5.74, 6) is 1.45. The summed E-state index contributed by atoms with van der Waals surface area (Å²) < 4.78 is 16.0. The van der Waals surface area contributed by atoms with Crippen molar-refractivity contribution < 1.29 is 19.0 Å². The number of Topliss-reactive ketones (excluding diaryl/α,β-unsaturated/α-hetero) is 1. The van der Waals surface area contributed by atoms with Crippen molar-refractivity contribution in [3.63, 3.8) is 0 Å². The monoisotopic (exact) mass is 320 g/mol. The Kier molecular flexibility index (Phi) is 6.43. The minimum absolute atomic E-state index is 0.116. The molecule has 22 heavy (non-hydrogen) atoms. The molecule has 2 aromatic rings. The zero-order chi connectivity index (χ0) is 15.8. The van der Waals surface area contributed by atoms with Gasteiger partial charge in [0.2, 0.25) is 0 Å². The first-order valence-corrected chi connectivity index (χ1v) is 7.98. The fourth-order valence-corrected chi connectivity index (χ4v) is 2.70. The average molecular weight is 320 g/mol. The summed E-state index contributed by atoms with van der Waals surface area (Å²) in [6.07, 6.45) is 1.16. The van der Waals surface area contributed by atoms with Crippen LogP contribution in [0, 0.1) is 0 Å². The molecule has 0 fully saturated rings. The highest BCUT2D eigenvalue weighted by Crippen LogP contribution is 2.29. The van der Waals surface area contributed by atoms with E-state index in [-0.39, 0.29) is 5.78 Å². The van der Waals surface area contributed by atoms with Gasteiger partial charge in [0.15, 0.2) is 17.3 Å². The molecule has 0 aliphatic carbocycles. The molecule has 5 heteroatoms. The van der Waals surface area contributed by atoms with Crippen LogP contribution in [-0.2, 0) is 11.2 Å². The van der Waals surface area contributed by atoms with Crippen LogP contribution in [0.5, 0.6) is 11.5 Å². The van der Waals surface area contributed by atoms with Crippen molar-refractivity contribution in [2.24, 2.45) is 0 Å². The molecule has 1 aromatic heterocycles. The van der Waals surface area contributed by atoms with E-state index in [2.05, 4.69) is 0 Å². The van der Waals surface area contributed by atoms with Crippen molar-refractivity contribution in [3.8, 4) is 11.5 Å². The maximum Gasteiger partial charge on any atom is 0.177 e. The lowest BCUT2D eigenvalue weighted by molar-refractivity contribution is 0.0997. The summed E-state index contributed by atoms with van der Waals surface area (Å²) in [7, 11) is 3.27. The van der Waals surface area contributed by atoms with Gasteiger partial charge in [0.1, 0.15) is 0 Å². The van der Waals surface area contributed by atoms with Crippen LogP contribution in [0.4, 0.5) is 0 Å². The molecule has 0 spiro atoms. The molecule has 0 radical (unpaired) electrons. The average Bonchev–Trinajstić information content (AvgIpc) is 3.06. The Labute approximate surface area is 134 Å². The molecule has 0 aliphatic rings. The SMILES string of the molecule is COCCCOc1cc(CC(=O)c2cccs2)ccc1OC. The molecule has 0 unspecified atom stereocenters. The summed E-state index contributed by atoms with van der Waals surface area (Å²) in [5.41, 5.74) is 0.918. The van der Waals surface area contributed by atoms with Crippen molar-refractivity contribution in [1.82, 2.24) is 0 Å². The maximum absolute atomic E-state index is 12.2. The number of benzene rings is 1. The number of hydrogen-bond donors (Lipinski definition) is 0. The fraction of sp³-hybridized carbons (Fsp3) is 0.353. The van der Waals surface area contributed by atoms with E-state index in [0.717, 1.165) is 16.9 Å². The van der Waals surface area contributed by atoms with Crippen LogP contribution in [0.2, 0.25) is 0 Å². The maximum atomic E-state index is 12.2. The number of methoxy groups -OCH3 is 2. The van der Waals surface area contributed by atoms with Gasteiger partial charge in [-0.2, -0.15) is 0 Å². The van der Waals surface area contributed by atoms with E-state index in [4.69, 9.17) is 14.2 Å². The van der Waals surface area contributed by atoms with Crippen LogP contribution in [0.15, 0.2) is 35.7 Å². The molecule has 0 N–H and O–H groups in total. The minimum Gasteiger partial charge on any atom is -0.493 e. The summed E-state index contributed by atoms with van der Waals surface area (Å²) in [6, 6.07) is 9.33. The van der Waals surface area contributed by atoms with Gasteiger partial charge in [-0.25, -0.2) is 0 Å². The van der Waals surface area contributed by atoms with E-state index in [0.29, 0.717) is 31.1 Å². The van der Waals surface area contributed by atoms with Crippen LogP contribution in [0.25, 0.3) is 0 Å². The van der Waals surface area contributed by atoms with Crippen LogP contribution in [0.3, 0.4) is 0 Å². The molecule has 0 saturated carbocycles. The zero-order valence-electron chi connectivity index (χ0n) is 12.8. The largest absolute Gasteiger partial charge is 0.493 e. The van der Waals surface area contributed by atoms with Crippen LogP contribution < -0.4 is 9.47 Å². The summed E-state index contributed by atoms with van der Waals surface area (Å²) >= 11 is 1.46. The first-order chi connectivity index (χ1) is 10.7. The van der Waals surface area contributed by atoms with Crippen LogP contribution in [0.1, 0.15) is 21.7 Å².